The second kappa shape index (κ2) is 6.23. The molecule has 1 unspecified atom stereocenters. The van der Waals surface area contributed by atoms with Crippen LogP contribution in [-0.2, 0) is 13.0 Å². The lowest BCUT2D eigenvalue weighted by Crippen LogP contribution is -2.30. The minimum atomic E-state index is -0.304. The molecule has 1 atom stereocenters. The second-order valence-electron chi connectivity index (χ2n) is 4.12. The Kier molecular flexibility index (Phi) is 4.62. The van der Waals surface area contributed by atoms with Gasteiger partial charge in [0.1, 0.15) is 18.0 Å². The van der Waals surface area contributed by atoms with Crippen LogP contribution in [-0.4, -0.2) is 14.8 Å². The highest BCUT2D eigenvalue weighted by Gasteiger charge is 2.15. The molecule has 19 heavy (non-hydrogen) atoms. The number of halogens is 2. The van der Waals surface area contributed by atoms with Gasteiger partial charge in [0.25, 0.3) is 0 Å². The van der Waals surface area contributed by atoms with E-state index in [0.717, 1.165) is 17.9 Å². The van der Waals surface area contributed by atoms with Crippen molar-refractivity contribution in [3.05, 3.63) is 46.2 Å². The summed E-state index contributed by atoms with van der Waals surface area (Å²) < 4.78 is 15.9. The van der Waals surface area contributed by atoms with Crippen molar-refractivity contribution < 1.29 is 4.39 Å². The molecule has 0 fully saturated rings. The van der Waals surface area contributed by atoms with Crippen LogP contribution in [0.5, 0.6) is 0 Å². The smallest absolute Gasteiger partial charge is 0.138 e. The zero-order valence-corrected chi connectivity index (χ0v) is 12.1. The van der Waals surface area contributed by atoms with Gasteiger partial charge >= 0.3 is 0 Å². The van der Waals surface area contributed by atoms with E-state index < -0.39 is 0 Å². The van der Waals surface area contributed by atoms with E-state index in [1.165, 1.54) is 18.5 Å². The number of rotatable bonds is 5. The largest absolute Gasteiger partial charge is 0.271 e. The summed E-state index contributed by atoms with van der Waals surface area (Å²) in [6.45, 7) is 2.72. The fraction of sp³-hybridized carbons (Fsp3) is 0.333. The molecule has 1 aromatic heterocycles. The maximum absolute atomic E-state index is 13.4. The molecule has 2 aromatic rings. The number of nitrogens with zero attached hydrogens (tertiary/aromatic N) is 3. The third kappa shape index (κ3) is 3.37. The number of nitrogens with one attached hydrogen (secondary N) is 1. The topological polar surface area (TPSA) is 68.8 Å². The van der Waals surface area contributed by atoms with E-state index in [9.17, 15) is 4.39 Å². The minimum Gasteiger partial charge on any atom is -0.271 e. The number of hydrogen-bond donors (Lipinski definition) is 2. The monoisotopic (exact) mass is 327 g/mol. The zero-order chi connectivity index (χ0) is 13.8. The van der Waals surface area contributed by atoms with Gasteiger partial charge in [-0.15, -0.1) is 0 Å². The molecule has 102 valence electrons. The summed E-state index contributed by atoms with van der Waals surface area (Å²) in [5, 5.41) is 4.10. The van der Waals surface area contributed by atoms with Crippen molar-refractivity contribution in [3.8, 4) is 0 Å². The van der Waals surface area contributed by atoms with Gasteiger partial charge in [-0.25, -0.2) is 9.37 Å². The summed E-state index contributed by atoms with van der Waals surface area (Å²) in [5.41, 5.74) is 3.46. The Balaban J connectivity index is 2.25. The molecule has 0 aliphatic heterocycles. The van der Waals surface area contributed by atoms with Crippen LogP contribution in [0.2, 0.25) is 0 Å². The van der Waals surface area contributed by atoms with Crippen molar-refractivity contribution in [2.45, 2.75) is 25.9 Å². The molecule has 0 saturated heterocycles. The molecular weight excluding hydrogens is 313 g/mol. The quantitative estimate of drug-likeness (QED) is 0.650. The Morgan fingerprint density at radius 1 is 1.47 bits per heavy atom. The molecule has 2 rings (SSSR count). The van der Waals surface area contributed by atoms with Crippen molar-refractivity contribution in [1.82, 2.24) is 20.2 Å². The van der Waals surface area contributed by atoms with Gasteiger partial charge < -0.3 is 0 Å². The maximum Gasteiger partial charge on any atom is 0.138 e. The molecule has 0 aliphatic carbocycles. The first-order valence-electron chi connectivity index (χ1n) is 5.92. The summed E-state index contributed by atoms with van der Waals surface area (Å²) in [6, 6.07) is 4.48. The number of aryl methyl sites for hydroxylation is 1. The molecule has 0 bridgehead atoms. The van der Waals surface area contributed by atoms with Crippen molar-refractivity contribution in [2.75, 3.05) is 0 Å². The minimum absolute atomic E-state index is 0.221. The van der Waals surface area contributed by atoms with E-state index in [1.807, 2.05) is 13.0 Å². The lowest BCUT2D eigenvalue weighted by Gasteiger charge is -2.16. The Labute approximate surface area is 119 Å². The van der Waals surface area contributed by atoms with Crippen molar-refractivity contribution in [3.63, 3.8) is 0 Å². The van der Waals surface area contributed by atoms with Crippen LogP contribution in [0.4, 0.5) is 4.39 Å². The van der Waals surface area contributed by atoms with Crippen molar-refractivity contribution in [1.29, 1.82) is 0 Å². The fourth-order valence-electron chi connectivity index (χ4n) is 1.94. The molecule has 0 saturated carbocycles. The van der Waals surface area contributed by atoms with Gasteiger partial charge in [-0.3, -0.25) is 16.0 Å². The third-order valence-electron chi connectivity index (χ3n) is 2.87. The SMILES string of the molecule is CCn1ncnc1CC(NN)c1cc(F)cc(Br)c1. The van der Waals surface area contributed by atoms with Crippen LogP contribution in [0.25, 0.3) is 0 Å². The molecular formula is C12H15BrFN5. The summed E-state index contributed by atoms with van der Waals surface area (Å²) in [6.07, 6.45) is 2.05. The average molecular weight is 328 g/mol. The maximum atomic E-state index is 13.4. The first-order chi connectivity index (χ1) is 9.13. The van der Waals surface area contributed by atoms with Gasteiger partial charge in [-0.1, -0.05) is 15.9 Å². The summed E-state index contributed by atoms with van der Waals surface area (Å²) >= 11 is 3.27. The fourth-order valence-corrected chi connectivity index (χ4v) is 2.43. The van der Waals surface area contributed by atoms with Crippen LogP contribution in [0.1, 0.15) is 24.4 Å². The van der Waals surface area contributed by atoms with E-state index in [4.69, 9.17) is 5.84 Å². The lowest BCUT2D eigenvalue weighted by atomic mass is 10.0. The molecule has 0 aliphatic rings. The summed E-state index contributed by atoms with van der Waals surface area (Å²) in [7, 11) is 0. The van der Waals surface area contributed by atoms with Crippen LogP contribution in [0.3, 0.4) is 0 Å². The number of aromatic nitrogens is 3. The number of hydrogen-bond acceptors (Lipinski definition) is 4. The highest BCUT2D eigenvalue weighted by Crippen LogP contribution is 2.22. The van der Waals surface area contributed by atoms with Crippen LogP contribution in [0, 0.1) is 5.82 Å². The number of hydrazine groups is 1. The molecule has 0 radical (unpaired) electrons. The van der Waals surface area contributed by atoms with Gasteiger partial charge in [0, 0.05) is 17.4 Å². The average Bonchev–Trinajstić information content (AvgIpc) is 2.81. The molecule has 0 spiro atoms. The zero-order valence-electron chi connectivity index (χ0n) is 10.5. The highest BCUT2D eigenvalue weighted by molar-refractivity contribution is 9.10. The highest BCUT2D eigenvalue weighted by atomic mass is 79.9. The Hall–Kier alpha value is -1.31. The van der Waals surface area contributed by atoms with Gasteiger partial charge in [0.2, 0.25) is 0 Å². The third-order valence-corrected chi connectivity index (χ3v) is 3.33. The van der Waals surface area contributed by atoms with Crippen LogP contribution < -0.4 is 11.3 Å². The summed E-state index contributed by atoms with van der Waals surface area (Å²) in [4.78, 5) is 4.20. The van der Waals surface area contributed by atoms with E-state index in [2.05, 4.69) is 31.4 Å². The van der Waals surface area contributed by atoms with E-state index in [-0.39, 0.29) is 11.9 Å². The number of nitrogens with two attached hydrogens (primary N) is 1. The first kappa shape index (κ1) is 14.1. The molecule has 3 N–H and O–H groups in total. The Morgan fingerprint density at radius 3 is 2.89 bits per heavy atom. The first-order valence-corrected chi connectivity index (χ1v) is 6.72. The van der Waals surface area contributed by atoms with Crippen molar-refractivity contribution >= 4 is 15.9 Å². The van der Waals surface area contributed by atoms with E-state index in [0.29, 0.717) is 10.9 Å². The molecule has 7 heteroatoms. The van der Waals surface area contributed by atoms with Gasteiger partial charge in [0.15, 0.2) is 0 Å². The summed E-state index contributed by atoms with van der Waals surface area (Å²) in [5.74, 6) is 6.07. The predicted molar refractivity (Wildman–Crippen MR) is 73.6 cm³/mol. The lowest BCUT2D eigenvalue weighted by molar-refractivity contribution is 0.506. The standard InChI is InChI=1S/C12H15BrFN5/c1-2-19-12(16-7-17-19)6-11(18-15)8-3-9(13)5-10(14)4-8/h3-5,7,11,18H,2,6,15H2,1H3. The molecule has 1 aromatic carbocycles. The Morgan fingerprint density at radius 2 is 2.26 bits per heavy atom. The van der Waals surface area contributed by atoms with Crippen LogP contribution >= 0.6 is 15.9 Å². The second-order valence-corrected chi connectivity index (χ2v) is 5.03. The number of benzene rings is 1. The predicted octanol–water partition coefficient (Wildman–Crippen LogP) is 1.95. The van der Waals surface area contributed by atoms with Crippen molar-refractivity contribution in [2.24, 2.45) is 5.84 Å². The Bertz CT molecular complexity index is 537. The molecule has 0 amide bonds. The van der Waals surface area contributed by atoms with Gasteiger partial charge in [0.05, 0.1) is 6.04 Å². The normalized spacial score (nSPS) is 12.6. The molecule has 5 nitrogen and oxygen atoms in total. The van der Waals surface area contributed by atoms with Gasteiger partial charge in [-0.05, 0) is 30.7 Å². The van der Waals surface area contributed by atoms with Gasteiger partial charge in [-0.2, -0.15) is 5.10 Å². The van der Waals surface area contributed by atoms with Crippen LogP contribution in [0.15, 0.2) is 29.0 Å². The molecule has 1 heterocycles. The van der Waals surface area contributed by atoms with E-state index >= 15 is 0 Å². The van der Waals surface area contributed by atoms with E-state index in [1.54, 1.807) is 4.68 Å².